The van der Waals surface area contributed by atoms with Gasteiger partial charge in [-0.1, -0.05) is 12.1 Å². The molecule has 0 atom stereocenters. The number of carbonyl (C=O) groups is 1. The van der Waals surface area contributed by atoms with E-state index in [1.807, 2.05) is 6.07 Å². The Balaban J connectivity index is 2.35. The van der Waals surface area contributed by atoms with Crippen molar-refractivity contribution in [3.63, 3.8) is 0 Å². The fraction of sp³-hybridized carbons (Fsp3) is 0.0769. The van der Waals surface area contributed by atoms with Crippen LogP contribution in [0, 0.1) is 0 Å². The van der Waals surface area contributed by atoms with Gasteiger partial charge >= 0.3 is 0 Å². The summed E-state index contributed by atoms with van der Waals surface area (Å²) in [5.41, 5.74) is 6.82. The van der Waals surface area contributed by atoms with Gasteiger partial charge in [0.25, 0.3) is 5.91 Å². The smallest absolute Gasteiger partial charge is 0.260 e. The lowest BCUT2D eigenvalue weighted by Crippen LogP contribution is -2.27. The van der Waals surface area contributed by atoms with Crippen LogP contribution in [0.3, 0.4) is 0 Å². The number of anilines is 2. The summed E-state index contributed by atoms with van der Waals surface area (Å²) in [4.78, 5) is 17.9. The predicted molar refractivity (Wildman–Crippen MR) is 75.5 cm³/mol. The number of hydrogen-bond acceptors (Lipinski definition) is 3. The molecule has 0 spiro atoms. The number of nitrogens with two attached hydrogens (primary N) is 1. The van der Waals surface area contributed by atoms with Crippen molar-refractivity contribution in [2.45, 2.75) is 0 Å². The highest BCUT2D eigenvalue weighted by atomic mass is 79.9. The number of hydrogen-bond donors (Lipinski definition) is 1. The molecule has 0 aliphatic heterocycles. The number of halogens is 1. The maximum absolute atomic E-state index is 12.3. The van der Waals surface area contributed by atoms with Gasteiger partial charge in [0.05, 0.1) is 10.0 Å². The Kier molecular flexibility index (Phi) is 3.62. The van der Waals surface area contributed by atoms with Crippen molar-refractivity contribution in [3.8, 4) is 0 Å². The van der Waals surface area contributed by atoms with Gasteiger partial charge in [-0.15, -0.1) is 0 Å². The fourth-order valence-electron chi connectivity index (χ4n) is 1.55. The molecule has 0 aliphatic carbocycles. The Labute approximate surface area is 114 Å². The third-order valence-electron chi connectivity index (χ3n) is 2.56. The molecule has 4 nitrogen and oxygen atoms in total. The lowest BCUT2D eigenvalue weighted by molar-refractivity contribution is 0.0991. The molecule has 0 radical (unpaired) electrons. The number of nitrogens with zero attached hydrogens (tertiary/aromatic N) is 2. The van der Waals surface area contributed by atoms with Crippen molar-refractivity contribution in [3.05, 3.63) is 52.6 Å². The highest BCUT2D eigenvalue weighted by Crippen LogP contribution is 2.25. The summed E-state index contributed by atoms with van der Waals surface area (Å²) in [6, 6.07) is 10.6. The number of rotatable bonds is 2. The van der Waals surface area contributed by atoms with Crippen molar-refractivity contribution in [1.29, 1.82) is 0 Å². The zero-order valence-corrected chi connectivity index (χ0v) is 11.4. The first-order chi connectivity index (χ1) is 8.61. The van der Waals surface area contributed by atoms with Crippen LogP contribution in [-0.4, -0.2) is 17.9 Å². The number of aromatic nitrogens is 1. The zero-order valence-electron chi connectivity index (χ0n) is 9.80. The van der Waals surface area contributed by atoms with Crippen LogP contribution in [0.4, 0.5) is 11.5 Å². The first-order valence-electron chi connectivity index (χ1n) is 5.34. The van der Waals surface area contributed by atoms with Gasteiger partial charge in [0.1, 0.15) is 5.82 Å². The molecule has 1 amide bonds. The van der Waals surface area contributed by atoms with Crippen LogP contribution in [0.5, 0.6) is 0 Å². The van der Waals surface area contributed by atoms with Crippen molar-refractivity contribution >= 4 is 33.3 Å². The Bertz CT molecular complexity index is 572. The largest absolute Gasteiger partial charge is 0.398 e. The molecule has 2 N–H and O–H groups in total. The summed E-state index contributed by atoms with van der Waals surface area (Å²) in [6.45, 7) is 0. The minimum Gasteiger partial charge on any atom is -0.398 e. The van der Waals surface area contributed by atoms with E-state index in [2.05, 4.69) is 20.9 Å². The van der Waals surface area contributed by atoms with E-state index in [9.17, 15) is 4.79 Å². The highest BCUT2D eigenvalue weighted by Gasteiger charge is 2.17. The molecule has 0 saturated carbocycles. The summed E-state index contributed by atoms with van der Waals surface area (Å²) in [5, 5.41) is 0. The minimum atomic E-state index is -0.159. The maximum Gasteiger partial charge on any atom is 0.260 e. The predicted octanol–water partition coefficient (Wildman–Crippen LogP) is 2.70. The molecule has 1 aromatic heterocycles. The van der Waals surface area contributed by atoms with Gasteiger partial charge in [0.15, 0.2) is 0 Å². The normalized spacial score (nSPS) is 10.1. The maximum atomic E-state index is 12.3. The second kappa shape index (κ2) is 5.18. The molecule has 0 bridgehead atoms. The zero-order chi connectivity index (χ0) is 13.1. The van der Waals surface area contributed by atoms with Crippen LogP contribution in [0.25, 0.3) is 0 Å². The van der Waals surface area contributed by atoms with Gasteiger partial charge in [-0.3, -0.25) is 9.69 Å². The van der Waals surface area contributed by atoms with Crippen molar-refractivity contribution < 1.29 is 4.79 Å². The van der Waals surface area contributed by atoms with Gasteiger partial charge in [-0.05, 0) is 40.2 Å². The third kappa shape index (κ3) is 2.36. The highest BCUT2D eigenvalue weighted by molar-refractivity contribution is 9.10. The second-order valence-corrected chi connectivity index (χ2v) is 4.55. The first kappa shape index (κ1) is 12.6. The number of amides is 1. The lowest BCUT2D eigenvalue weighted by Gasteiger charge is -2.17. The number of carbonyl (C=O) groups excluding carboxylic acids is 1. The van der Waals surface area contributed by atoms with Crippen LogP contribution < -0.4 is 10.6 Å². The molecule has 0 aliphatic rings. The van der Waals surface area contributed by atoms with Gasteiger partial charge in [-0.25, -0.2) is 4.98 Å². The molecular formula is C13H12BrN3O. The Hall–Kier alpha value is -1.88. The Morgan fingerprint density at radius 2 is 2.06 bits per heavy atom. The summed E-state index contributed by atoms with van der Waals surface area (Å²) >= 11 is 3.33. The van der Waals surface area contributed by atoms with Gasteiger partial charge in [-0.2, -0.15) is 0 Å². The molecule has 1 heterocycles. The average molecular weight is 306 g/mol. The number of nitrogen functional groups attached to an aromatic ring is 1. The molecule has 0 fully saturated rings. The van der Waals surface area contributed by atoms with E-state index in [0.29, 0.717) is 21.5 Å². The molecule has 2 rings (SSSR count). The molecule has 0 saturated heterocycles. The molecule has 1 aromatic carbocycles. The second-order valence-electron chi connectivity index (χ2n) is 3.76. The fourth-order valence-corrected chi connectivity index (χ4v) is 1.99. The van der Waals surface area contributed by atoms with Crippen molar-refractivity contribution in [2.75, 3.05) is 17.7 Å². The quantitative estimate of drug-likeness (QED) is 0.868. The van der Waals surface area contributed by atoms with Crippen LogP contribution in [0.2, 0.25) is 0 Å². The summed E-state index contributed by atoms with van der Waals surface area (Å²) in [5.74, 6) is 0.435. The molecule has 92 valence electrons. The molecule has 18 heavy (non-hydrogen) atoms. The Morgan fingerprint density at radius 1 is 1.28 bits per heavy atom. The van der Waals surface area contributed by atoms with Crippen molar-refractivity contribution in [2.24, 2.45) is 0 Å². The lowest BCUT2D eigenvalue weighted by atomic mass is 10.2. The van der Waals surface area contributed by atoms with E-state index in [1.165, 1.54) is 4.90 Å². The third-order valence-corrected chi connectivity index (χ3v) is 3.44. The minimum absolute atomic E-state index is 0.159. The molecule has 2 aromatic rings. The van der Waals surface area contributed by atoms with Gasteiger partial charge < -0.3 is 5.73 Å². The van der Waals surface area contributed by atoms with E-state index in [1.54, 1.807) is 43.6 Å². The Morgan fingerprint density at radius 3 is 2.72 bits per heavy atom. The van der Waals surface area contributed by atoms with Gasteiger partial charge in [0.2, 0.25) is 0 Å². The van der Waals surface area contributed by atoms with Gasteiger partial charge in [0, 0.05) is 18.9 Å². The number of benzene rings is 1. The average Bonchev–Trinajstić information content (AvgIpc) is 2.41. The standard InChI is InChI=1S/C13H12BrN3O/c1-17(11-7-2-3-8-16-11)13(18)9-5-4-6-10(15)12(9)14/h2-8H,15H2,1H3. The first-order valence-corrected chi connectivity index (χ1v) is 6.13. The number of pyridine rings is 1. The molecule has 5 heteroatoms. The molecule has 0 unspecified atom stereocenters. The topological polar surface area (TPSA) is 59.2 Å². The monoisotopic (exact) mass is 305 g/mol. The van der Waals surface area contributed by atoms with E-state index < -0.39 is 0 Å². The summed E-state index contributed by atoms with van der Waals surface area (Å²) in [7, 11) is 1.68. The summed E-state index contributed by atoms with van der Waals surface area (Å²) in [6.07, 6.45) is 1.65. The van der Waals surface area contributed by atoms with Crippen LogP contribution in [0.1, 0.15) is 10.4 Å². The van der Waals surface area contributed by atoms with E-state index >= 15 is 0 Å². The van der Waals surface area contributed by atoms with Crippen LogP contribution in [-0.2, 0) is 0 Å². The van der Waals surface area contributed by atoms with Crippen LogP contribution in [0.15, 0.2) is 47.1 Å². The van der Waals surface area contributed by atoms with E-state index in [4.69, 9.17) is 5.73 Å². The van der Waals surface area contributed by atoms with E-state index in [0.717, 1.165) is 0 Å². The summed E-state index contributed by atoms with van der Waals surface area (Å²) < 4.78 is 0.609. The van der Waals surface area contributed by atoms with Crippen LogP contribution >= 0.6 is 15.9 Å². The van der Waals surface area contributed by atoms with E-state index in [-0.39, 0.29) is 5.91 Å². The SMILES string of the molecule is CN(C(=O)c1cccc(N)c1Br)c1ccccn1. The molecular weight excluding hydrogens is 294 g/mol. The van der Waals surface area contributed by atoms with Crippen molar-refractivity contribution in [1.82, 2.24) is 4.98 Å².